The van der Waals surface area contributed by atoms with Crippen LogP contribution >= 0.6 is 46.6 Å². The molecule has 4 aliphatic rings. The Morgan fingerprint density at radius 3 is 1.07 bits per heavy atom. The first kappa shape index (κ1) is 78.8. The standard InChI is InChI=1S/C26H29BClN2O3P.C24H24BNO2.C5H10BNO2.C5H9BO4.C2H6Cl2NOP.2CH4/c1-29(2)34(28,31)32-20-24-18-30(19-25(27)33-24)26(21-12-6-3-7-13-21,22-14-8-4-9-15-22)23-16-10-5-11-17-23;25-23-17-26(16-22(18-27)28-23)24(19-10-4-1-5-11-19,20-12-6-2-7-13-20)21-14-8-3-9-15-21;6-5-2-7-1-4(3-8)9-5;6-5-4(9)3(8)2(1-7)10-5;1-5(2)7(3,4)6;;/h3-17,24-25H,18-20H2,1-2H3;1-15,22-23,27H,16-18H2;4-5,7-8H,1-3H2;2-5,7-9H,1H2;1-2H3;2*1H4/p+1. The summed E-state index contributed by atoms with van der Waals surface area (Å²) in [6.45, 7) is 0.126. The van der Waals surface area contributed by atoms with Gasteiger partial charge in [0, 0.05) is 44.2 Å². The summed E-state index contributed by atoms with van der Waals surface area (Å²) in [6, 6.07) is 60.6. The van der Waals surface area contributed by atoms with Gasteiger partial charge in [-0.05, 0) is 95.3 Å². The molecular formula is C64H87B4Cl3N5O12P2+. The van der Waals surface area contributed by atoms with Crippen LogP contribution in [0.5, 0.6) is 0 Å². The number of hydrogen-bond acceptors (Lipinski definition) is 14. The van der Waals surface area contributed by atoms with Gasteiger partial charge in [-0.2, -0.15) is 0 Å². The molecule has 4 saturated heterocycles. The van der Waals surface area contributed by atoms with E-state index in [0.717, 1.165) is 46.5 Å². The highest BCUT2D eigenvalue weighted by Crippen LogP contribution is 2.58. The fourth-order valence-electron chi connectivity index (χ4n) is 10.8. The summed E-state index contributed by atoms with van der Waals surface area (Å²) in [6.07, 6.45) is -3.69. The molecule has 8 radical (unpaired) electrons. The fraction of sp³-hybridized carbons (Fsp3) is 0.438. The van der Waals surface area contributed by atoms with Crippen molar-refractivity contribution in [2.45, 2.75) is 86.6 Å². The summed E-state index contributed by atoms with van der Waals surface area (Å²) >= 11 is 16.3. The van der Waals surface area contributed by atoms with Crippen LogP contribution in [-0.2, 0) is 43.7 Å². The Morgan fingerprint density at radius 1 is 0.489 bits per heavy atom. The minimum atomic E-state index is -3.42. The molecule has 26 heteroatoms. The van der Waals surface area contributed by atoms with Crippen LogP contribution in [0.3, 0.4) is 0 Å². The van der Waals surface area contributed by atoms with Gasteiger partial charge in [0.1, 0.15) is 56.2 Å². The Hall–Kier alpha value is -3.69. The van der Waals surface area contributed by atoms with E-state index < -0.39 is 66.4 Å². The Balaban J connectivity index is 0.000000273. The van der Waals surface area contributed by atoms with Gasteiger partial charge >= 0.3 is 12.9 Å². The molecule has 11 atom stereocenters. The van der Waals surface area contributed by atoms with Crippen LogP contribution in [0.15, 0.2) is 182 Å². The van der Waals surface area contributed by atoms with E-state index >= 15 is 0 Å². The Bertz CT molecular complexity index is 2840. The van der Waals surface area contributed by atoms with Crippen LogP contribution < -0.4 is 5.32 Å². The number of rotatable bonds is 16. The number of aliphatic hydroxyl groups excluding tert-OH is 5. The number of hydrogen-bond donors (Lipinski definition) is 6. The number of morpholine rings is 3. The summed E-state index contributed by atoms with van der Waals surface area (Å²) in [5.41, 5.74) is 5.72. The molecule has 0 spiro atoms. The smallest absolute Gasteiger partial charge is 0.362 e. The van der Waals surface area contributed by atoms with Gasteiger partial charge in [0.15, 0.2) is 0 Å². The molecule has 4 fully saturated rings. The lowest BCUT2D eigenvalue weighted by atomic mass is 9.74. The maximum Gasteiger partial charge on any atom is 0.362 e. The Morgan fingerprint density at radius 2 is 0.811 bits per heavy atom. The second-order valence-electron chi connectivity index (χ2n) is 21.6. The van der Waals surface area contributed by atoms with Crippen LogP contribution in [0.25, 0.3) is 0 Å². The van der Waals surface area contributed by atoms with Crippen molar-refractivity contribution < 1.29 is 63.5 Å². The predicted octanol–water partition coefficient (Wildman–Crippen LogP) is 6.70. The molecule has 482 valence electrons. The van der Waals surface area contributed by atoms with Crippen LogP contribution in [0.2, 0.25) is 0 Å². The van der Waals surface area contributed by atoms with Crippen molar-refractivity contribution in [2.24, 2.45) is 0 Å². The van der Waals surface area contributed by atoms with Gasteiger partial charge < -0.3 is 54.3 Å². The lowest BCUT2D eigenvalue weighted by molar-refractivity contribution is -0.680. The quantitative estimate of drug-likeness (QED) is 0.0338. The van der Waals surface area contributed by atoms with Crippen molar-refractivity contribution in [1.82, 2.24) is 19.1 Å². The lowest BCUT2D eigenvalue weighted by Gasteiger charge is -2.50. The molecule has 7 N–H and O–H groups in total. The van der Waals surface area contributed by atoms with E-state index in [2.05, 4.69) is 161 Å². The summed E-state index contributed by atoms with van der Waals surface area (Å²) in [7, 11) is 29.6. The molecule has 11 unspecified atom stereocenters. The number of nitrogens with zero attached hydrogens (tertiary/aromatic N) is 4. The molecule has 0 saturated carbocycles. The molecule has 0 bridgehead atoms. The summed E-state index contributed by atoms with van der Waals surface area (Å²) in [5, 5.41) is 46.9. The minimum Gasteiger partial charge on any atom is -0.394 e. The Kier molecular flexibility index (Phi) is 33.3. The van der Waals surface area contributed by atoms with Crippen molar-refractivity contribution >= 4 is 78.0 Å². The second-order valence-corrected chi connectivity index (χ2v) is 29.8. The second kappa shape index (κ2) is 38.0. The number of aliphatic hydroxyl groups is 5. The van der Waals surface area contributed by atoms with E-state index in [1.807, 2.05) is 36.4 Å². The van der Waals surface area contributed by atoms with Crippen molar-refractivity contribution in [3.05, 3.63) is 215 Å². The summed E-state index contributed by atoms with van der Waals surface area (Å²) < 4.78 is 52.8. The van der Waals surface area contributed by atoms with Crippen molar-refractivity contribution in [3.63, 3.8) is 0 Å². The highest BCUT2D eigenvalue weighted by atomic mass is 35.9. The van der Waals surface area contributed by atoms with Gasteiger partial charge in [-0.15, -0.1) is 0 Å². The molecular weight excluding hydrogens is 1240 g/mol. The first-order chi connectivity index (χ1) is 42.0. The molecule has 10 rings (SSSR count). The zero-order valence-electron chi connectivity index (χ0n) is 50.0. The van der Waals surface area contributed by atoms with Crippen molar-refractivity contribution in [2.75, 3.05) is 93.9 Å². The SMILES string of the molecule is C.C.CN(C)P(=O)(Cl)Cl.[B]C1CN(C(c2ccccc2)(c2ccccc2)c2ccccc2)CC(CO)O1.[B]C1CN(C(c2ccccc2)(c2ccccc2)c2ccccc2)CC(COP(=O)(Cl)N(C)C)O1.[B]C1C[NH2+]CC(CO)O1.[B]C1OC(CO)C(O)C1O. The van der Waals surface area contributed by atoms with Crippen LogP contribution in [0.4, 0.5) is 0 Å². The van der Waals surface area contributed by atoms with Crippen molar-refractivity contribution in [3.8, 4) is 0 Å². The lowest BCUT2D eigenvalue weighted by Crippen LogP contribution is -2.91. The number of benzene rings is 6. The van der Waals surface area contributed by atoms with E-state index in [4.69, 9.17) is 109 Å². The van der Waals surface area contributed by atoms with Crippen LogP contribution in [0.1, 0.15) is 48.2 Å². The van der Waals surface area contributed by atoms with Gasteiger partial charge in [-0.1, -0.05) is 197 Å². The highest BCUT2D eigenvalue weighted by Gasteiger charge is 2.47. The van der Waals surface area contributed by atoms with Crippen LogP contribution in [0, 0.1) is 0 Å². The molecule has 6 aromatic carbocycles. The molecule has 90 heavy (non-hydrogen) atoms. The molecule has 17 nitrogen and oxygen atoms in total. The monoisotopic (exact) mass is 1330 g/mol. The van der Waals surface area contributed by atoms with E-state index in [0.29, 0.717) is 26.2 Å². The van der Waals surface area contributed by atoms with Gasteiger partial charge in [0.2, 0.25) is 0 Å². The maximum atomic E-state index is 12.5. The average Bonchev–Trinajstić information content (AvgIpc) is 0.885. The average molecular weight is 1330 g/mol. The molecule has 6 aromatic rings. The highest BCUT2D eigenvalue weighted by molar-refractivity contribution is 8.06. The largest absolute Gasteiger partial charge is 0.394 e. The number of ether oxygens (including phenoxy) is 4. The predicted molar refractivity (Wildman–Crippen MR) is 364 cm³/mol. The molecule has 4 heterocycles. The van der Waals surface area contributed by atoms with E-state index in [9.17, 15) is 14.2 Å². The van der Waals surface area contributed by atoms with E-state index in [1.165, 1.54) is 9.34 Å². The minimum absolute atomic E-state index is 0. The fourth-order valence-corrected chi connectivity index (χ4v) is 11.5. The van der Waals surface area contributed by atoms with E-state index in [-0.39, 0.29) is 59.5 Å². The number of nitrogens with two attached hydrogens (primary N) is 1. The molecule has 4 aliphatic heterocycles. The van der Waals surface area contributed by atoms with Gasteiger partial charge in [0.05, 0.1) is 68.4 Å². The summed E-state index contributed by atoms with van der Waals surface area (Å²) in [4.78, 5) is 4.69. The third kappa shape index (κ3) is 21.2. The number of quaternary nitrogens is 1. The molecule has 0 aliphatic carbocycles. The van der Waals surface area contributed by atoms with Gasteiger partial charge in [0.25, 0.3) is 0 Å². The van der Waals surface area contributed by atoms with Crippen LogP contribution in [-0.4, -0.2) is 231 Å². The van der Waals surface area contributed by atoms with Gasteiger partial charge in [-0.25, -0.2) is 9.34 Å². The molecule has 0 aromatic heterocycles. The van der Waals surface area contributed by atoms with Crippen molar-refractivity contribution in [1.29, 1.82) is 0 Å². The van der Waals surface area contributed by atoms with Gasteiger partial charge in [-0.3, -0.25) is 18.9 Å². The third-order valence-electron chi connectivity index (χ3n) is 15.0. The maximum absolute atomic E-state index is 12.5. The first-order valence-electron chi connectivity index (χ1n) is 28.8. The topological polar surface area (TPSA) is 211 Å². The summed E-state index contributed by atoms with van der Waals surface area (Å²) in [5.74, 6) is -2.96. The Labute approximate surface area is 553 Å². The third-order valence-corrected chi connectivity index (χ3v) is 20.4. The molecule has 0 amide bonds. The first-order valence-corrected chi connectivity index (χ1v) is 34.7. The zero-order chi connectivity index (χ0) is 64.1. The normalized spacial score (nSPS) is 24.5. The zero-order valence-corrected chi connectivity index (χ0v) is 54.0. The number of halogens is 3. The van der Waals surface area contributed by atoms with E-state index in [1.54, 1.807) is 28.2 Å².